The Labute approximate surface area is 112 Å². The van der Waals surface area contributed by atoms with Gasteiger partial charge in [0, 0.05) is 6.20 Å². The molecule has 2 aromatic rings. The molecule has 2 heterocycles. The Balaban J connectivity index is 1.91. The average Bonchev–Trinajstić information content (AvgIpc) is 2.81. The van der Waals surface area contributed by atoms with Crippen LogP contribution in [0, 0.1) is 11.3 Å². The second-order valence-electron chi connectivity index (χ2n) is 4.87. The number of hydrogen-bond acceptors (Lipinski definition) is 3. The predicted octanol–water partition coefficient (Wildman–Crippen LogP) is 2.63. The number of ether oxygens (including phenoxy) is 1. The predicted molar refractivity (Wildman–Crippen MR) is 75.2 cm³/mol. The zero-order valence-corrected chi connectivity index (χ0v) is 10.8. The maximum absolute atomic E-state index is 9.02. The summed E-state index contributed by atoms with van der Waals surface area (Å²) in [7, 11) is 0. The maximum atomic E-state index is 9.02. The molecule has 0 saturated heterocycles. The SMILES string of the molecule is CB1CCc2cc(Oc3ncccc3C#N)ccc21. The molecule has 19 heavy (non-hydrogen) atoms. The highest BCUT2D eigenvalue weighted by molar-refractivity contribution is 6.73. The molecular formula is C15H13BN2O. The first-order valence-electron chi connectivity index (χ1n) is 6.43. The Kier molecular flexibility index (Phi) is 2.96. The van der Waals surface area contributed by atoms with Crippen molar-refractivity contribution in [2.24, 2.45) is 0 Å². The Hall–Kier alpha value is -2.28. The maximum Gasteiger partial charge on any atom is 0.237 e. The van der Waals surface area contributed by atoms with E-state index in [-0.39, 0.29) is 0 Å². The number of aromatic nitrogens is 1. The first-order chi connectivity index (χ1) is 9.28. The molecule has 0 saturated carbocycles. The van der Waals surface area contributed by atoms with E-state index in [4.69, 9.17) is 10.00 Å². The van der Waals surface area contributed by atoms with E-state index in [2.05, 4.69) is 30.0 Å². The minimum absolute atomic E-state index is 0.371. The summed E-state index contributed by atoms with van der Waals surface area (Å²) < 4.78 is 5.73. The van der Waals surface area contributed by atoms with Crippen LogP contribution in [0.5, 0.6) is 11.6 Å². The number of benzene rings is 1. The molecule has 0 bridgehead atoms. The van der Waals surface area contributed by atoms with Crippen molar-refractivity contribution in [2.45, 2.75) is 19.6 Å². The van der Waals surface area contributed by atoms with Gasteiger partial charge in [0.25, 0.3) is 0 Å². The number of hydrogen-bond donors (Lipinski definition) is 0. The molecule has 0 spiro atoms. The molecule has 0 fully saturated rings. The summed E-state index contributed by atoms with van der Waals surface area (Å²) in [6.07, 6.45) is 3.93. The van der Waals surface area contributed by atoms with Crippen LogP contribution in [0.15, 0.2) is 36.5 Å². The van der Waals surface area contributed by atoms with Gasteiger partial charge in [0.2, 0.25) is 5.88 Å². The molecule has 92 valence electrons. The summed E-state index contributed by atoms with van der Waals surface area (Å²) in [6.45, 7) is 2.88. The van der Waals surface area contributed by atoms with E-state index in [1.54, 1.807) is 18.3 Å². The minimum atomic E-state index is 0.371. The highest BCUT2D eigenvalue weighted by atomic mass is 16.5. The van der Waals surface area contributed by atoms with Gasteiger partial charge in [-0.05, 0) is 30.7 Å². The minimum Gasteiger partial charge on any atom is -0.438 e. The number of rotatable bonds is 2. The Morgan fingerprint density at radius 3 is 3.11 bits per heavy atom. The van der Waals surface area contributed by atoms with Crippen LogP contribution >= 0.6 is 0 Å². The average molecular weight is 248 g/mol. The van der Waals surface area contributed by atoms with Crippen molar-refractivity contribution in [3.8, 4) is 17.7 Å². The van der Waals surface area contributed by atoms with Gasteiger partial charge in [0.05, 0.1) is 0 Å². The molecule has 3 nitrogen and oxygen atoms in total. The molecule has 0 N–H and O–H groups in total. The van der Waals surface area contributed by atoms with E-state index >= 15 is 0 Å². The quantitative estimate of drug-likeness (QED) is 0.767. The van der Waals surface area contributed by atoms with Gasteiger partial charge in [-0.15, -0.1) is 0 Å². The van der Waals surface area contributed by atoms with Crippen LogP contribution in [0.25, 0.3) is 0 Å². The van der Waals surface area contributed by atoms with Crippen molar-refractivity contribution in [3.63, 3.8) is 0 Å². The van der Waals surface area contributed by atoms with Crippen molar-refractivity contribution in [1.82, 2.24) is 4.98 Å². The number of fused-ring (bicyclic) bond motifs is 1. The highest BCUT2D eigenvalue weighted by Gasteiger charge is 2.21. The first kappa shape index (κ1) is 11.8. The Morgan fingerprint density at radius 2 is 2.26 bits per heavy atom. The molecular weight excluding hydrogens is 235 g/mol. The second-order valence-corrected chi connectivity index (χ2v) is 4.87. The van der Waals surface area contributed by atoms with Crippen molar-refractivity contribution < 1.29 is 4.74 Å². The normalized spacial score (nSPS) is 12.9. The van der Waals surface area contributed by atoms with Crippen molar-refractivity contribution in [1.29, 1.82) is 5.26 Å². The lowest BCUT2D eigenvalue weighted by molar-refractivity contribution is 0.461. The van der Waals surface area contributed by atoms with E-state index in [1.807, 2.05) is 6.07 Å². The van der Waals surface area contributed by atoms with E-state index < -0.39 is 0 Å². The summed E-state index contributed by atoms with van der Waals surface area (Å²) in [6, 6.07) is 11.7. The summed E-state index contributed by atoms with van der Waals surface area (Å²) in [4.78, 5) is 4.11. The molecule has 4 heteroatoms. The van der Waals surface area contributed by atoms with Crippen LogP contribution in [0.4, 0.5) is 0 Å². The van der Waals surface area contributed by atoms with Gasteiger partial charge in [-0.1, -0.05) is 30.2 Å². The van der Waals surface area contributed by atoms with E-state index in [9.17, 15) is 0 Å². The number of nitriles is 1. The Morgan fingerprint density at radius 1 is 1.37 bits per heavy atom. The smallest absolute Gasteiger partial charge is 0.237 e. The fraction of sp³-hybridized carbons (Fsp3) is 0.200. The molecule has 1 aliphatic heterocycles. The molecule has 0 radical (unpaired) electrons. The van der Waals surface area contributed by atoms with E-state index in [0.717, 1.165) is 12.2 Å². The third kappa shape index (κ3) is 2.20. The van der Waals surface area contributed by atoms with Gasteiger partial charge in [-0.2, -0.15) is 5.26 Å². The van der Waals surface area contributed by atoms with Gasteiger partial charge >= 0.3 is 0 Å². The van der Waals surface area contributed by atoms with Gasteiger partial charge in [0.1, 0.15) is 17.4 Å². The molecule has 0 amide bonds. The molecule has 1 aliphatic rings. The third-order valence-electron chi connectivity index (χ3n) is 3.60. The van der Waals surface area contributed by atoms with E-state index in [1.165, 1.54) is 17.3 Å². The number of aryl methyl sites for hydroxylation is 1. The van der Waals surface area contributed by atoms with Crippen LogP contribution in [0.1, 0.15) is 11.1 Å². The zero-order valence-electron chi connectivity index (χ0n) is 10.8. The molecule has 0 aliphatic carbocycles. The van der Waals surface area contributed by atoms with Crippen molar-refractivity contribution in [2.75, 3.05) is 0 Å². The van der Waals surface area contributed by atoms with Gasteiger partial charge in [0.15, 0.2) is 6.71 Å². The van der Waals surface area contributed by atoms with Crippen LogP contribution in [-0.2, 0) is 6.42 Å². The summed E-state index contributed by atoms with van der Waals surface area (Å²) in [5.41, 5.74) is 3.21. The lowest BCUT2D eigenvalue weighted by Gasteiger charge is -2.08. The topological polar surface area (TPSA) is 45.9 Å². The largest absolute Gasteiger partial charge is 0.438 e. The van der Waals surface area contributed by atoms with Crippen LogP contribution in [-0.4, -0.2) is 11.7 Å². The fourth-order valence-electron chi connectivity index (χ4n) is 2.54. The van der Waals surface area contributed by atoms with Crippen LogP contribution in [0.3, 0.4) is 0 Å². The monoisotopic (exact) mass is 248 g/mol. The zero-order chi connectivity index (χ0) is 13.2. The second kappa shape index (κ2) is 4.77. The van der Waals surface area contributed by atoms with Crippen LogP contribution < -0.4 is 10.2 Å². The summed E-state index contributed by atoms with van der Waals surface area (Å²) in [5.74, 6) is 1.12. The number of nitrogens with zero attached hydrogens (tertiary/aromatic N) is 2. The summed E-state index contributed by atoms with van der Waals surface area (Å²) >= 11 is 0. The first-order valence-corrected chi connectivity index (χ1v) is 6.43. The van der Waals surface area contributed by atoms with Crippen LogP contribution in [0.2, 0.25) is 13.1 Å². The third-order valence-corrected chi connectivity index (χ3v) is 3.60. The number of pyridine rings is 1. The van der Waals surface area contributed by atoms with Gasteiger partial charge in [-0.25, -0.2) is 4.98 Å². The fourth-order valence-corrected chi connectivity index (χ4v) is 2.54. The lowest BCUT2D eigenvalue weighted by atomic mass is 9.48. The summed E-state index contributed by atoms with van der Waals surface area (Å²) in [5, 5.41) is 9.02. The Bertz CT molecular complexity index is 663. The molecule has 0 atom stereocenters. The van der Waals surface area contributed by atoms with Crippen molar-refractivity contribution in [3.05, 3.63) is 47.7 Å². The molecule has 3 rings (SSSR count). The standard InChI is InChI=1S/C15H13BN2O/c1-16-7-6-11-9-13(4-5-14(11)16)19-15-12(10-17)3-2-8-18-15/h2-5,8-9H,6-7H2,1H3. The van der Waals surface area contributed by atoms with Gasteiger partial charge < -0.3 is 4.74 Å². The van der Waals surface area contributed by atoms with Gasteiger partial charge in [-0.3, -0.25) is 0 Å². The van der Waals surface area contributed by atoms with Crippen molar-refractivity contribution >= 4 is 12.2 Å². The molecule has 1 aromatic heterocycles. The lowest BCUT2D eigenvalue weighted by Crippen LogP contribution is -2.21. The molecule has 0 unspecified atom stereocenters. The highest BCUT2D eigenvalue weighted by Crippen LogP contribution is 2.25. The van der Waals surface area contributed by atoms with E-state index in [0.29, 0.717) is 18.2 Å². The molecule has 1 aromatic carbocycles.